The molecule has 1 N–H and O–H groups in total. The number of ether oxygens (including phenoxy) is 1. The van der Waals surface area contributed by atoms with E-state index in [9.17, 15) is 4.79 Å². The molecule has 13 heavy (non-hydrogen) atoms. The molecular formula is C9H11NO3. The van der Waals surface area contributed by atoms with Crippen LogP contribution in [0.4, 0.5) is 0 Å². The Kier molecular flexibility index (Phi) is 2.06. The maximum Gasteiger partial charge on any atom is 0.287 e. The summed E-state index contributed by atoms with van der Waals surface area (Å²) in [6, 6.07) is 1.92. The number of rotatable bonds is 2. The van der Waals surface area contributed by atoms with Crippen molar-refractivity contribution in [3.05, 3.63) is 23.7 Å². The van der Waals surface area contributed by atoms with Crippen LogP contribution in [0.1, 0.15) is 16.1 Å². The summed E-state index contributed by atoms with van der Waals surface area (Å²) in [5, 5.41) is 2.80. The highest BCUT2D eigenvalue weighted by Gasteiger charge is 2.22. The third-order valence-corrected chi connectivity index (χ3v) is 2.04. The molecule has 1 aromatic heterocycles. The van der Waals surface area contributed by atoms with Gasteiger partial charge in [0.15, 0.2) is 5.76 Å². The van der Waals surface area contributed by atoms with Gasteiger partial charge in [-0.3, -0.25) is 4.79 Å². The molecule has 1 aromatic rings. The zero-order valence-electron chi connectivity index (χ0n) is 7.37. The number of hydrogen-bond acceptors (Lipinski definition) is 3. The molecule has 0 atom stereocenters. The van der Waals surface area contributed by atoms with Crippen molar-refractivity contribution < 1.29 is 13.9 Å². The summed E-state index contributed by atoms with van der Waals surface area (Å²) >= 11 is 0. The zero-order chi connectivity index (χ0) is 9.26. The molecule has 70 valence electrons. The highest BCUT2D eigenvalue weighted by molar-refractivity contribution is 5.93. The first-order chi connectivity index (χ1) is 6.27. The summed E-state index contributed by atoms with van der Waals surface area (Å²) in [5.74, 6) is 0.239. The first-order valence-corrected chi connectivity index (χ1v) is 4.20. The van der Waals surface area contributed by atoms with E-state index >= 15 is 0 Å². The Morgan fingerprint density at radius 3 is 2.85 bits per heavy atom. The number of nitrogens with one attached hydrogen (secondary N) is 1. The third-order valence-electron chi connectivity index (χ3n) is 2.04. The molecular weight excluding hydrogens is 170 g/mol. The highest BCUT2D eigenvalue weighted by atomic mass is 16.5. The van der Waals surface area contributed by atoms with Gasteiger partial charge >= 0.3 is 0 Å². The molecule has 0 spiro atoms. The maximum absolute atomic E-state index is 11.5. The molecule has 4 heteroatoms. The second-order valence-electron chi connectivity index (χ2n) is 3.14. The van der Waals surface area contributed by atoms with Crippen molar-refractivity contribution in [1.29, 1.82) is 0 Å². The van der Waals surface area contributed by atoms with Gasteiger partial charge in [0.2, 0.25) is 0 Å². The van der Waals surface area contributed by atoms with Crippen LogP contribution in [0.25, 0.3) is 0 Å². The summed E-state index contributed by atoms with van der Waals surface area (Å²) in [6.45, 7) is 3.05. The first-order valence-electron chi connectivity index (χ1n) is 4.20. The number of aryl methyl sites for hydroxylation is 1. The van der Waals surface area contributed by atoms with Gasteiger partial charge in [-0.25, -0.2) is 0 Å². The van der Waals surface area contributed by atoms with E-state index in [0.29, 0.717) is 19.0 Å². The normalized spacial score (nSPS) is 16.7. The molecule has 2 heterocycles. The smallest absolute Gasteiger partial charge is 0.287 e. The molecule has 0 radical (unpaired) electrons. The summed E-state index contributed by atoms with van der Waals surface area (Å²) in [4.78, 5) is 11.5. The van der Waals surface area contributed by atoms with E-state index in [0.717, 1.165) is 5.56 Å². The molecule has 4 nitrogen and oxygen atoms in total. The predicted molar refractivity (Wildman–Crippen MR) is 45.5 cm³/mol. The lowest BCUT2D eigenvalue weighted by Crippen LogP contribution is -2.48. The Balaban J connectivity index is 2.00. The number of hydrogen-bond donors (Lipinski definition) is 1. The second-order valence-corrected chi connectivity index (χ2v) is 3.14. The van der Waals surface area contributed by atoms with Crippen LogP contribution in [-0.2, 0) is 4.74 Å². The Morgan fingerprint density at radius 1 is 1.62 bits per heavy atom. The lowest BCUT2D eigenvalue weighted by Gasteiger charge is -2.26. The number of carbonyl (C=O) groups excluding carboxylic acids is 1. The first kappa shape index (κ1) is 8.31. The van der Waals surface area contributed by atoms with E-state index in [1.165, 1.54) is 6.26 Å². The van der Waals surface area contributed by atoms with Crippen molar-refractivity contribution in [1.82, 2.24) is 5.32 Å². The fraction of sp³-hybridized carbons (Fsp3) is 0.444. The summed E-state index contributed by atoms with van der Waals surface area (Å²) in [6.07, 6.45) is 1.52. The highest BCUT2D eigenvalue weighted by Crippen LogP contribution is 2.09. The number of amides is 1. The van der Waals surface area contributed by atoms with E-state index in [1.54, 1.807) is 6.07 Å². The summed E-state index contributed by atoms with van der Waals surface area (Å²) in [5.41, 5.74) is 0.859. The van der Waals surface area contributed by atoms with Crippen LogP contribution < -0.4 is 5.32 Å². The van der Waals surface area contributed by atoms with Crippen LogP contribution in [0.15, 0.2) is 16.7 Å². The minimum atomic E-state index is -0.157. The Bertz CT molecular complexity index is 314. The predicted octanol–water partition coefficient (Wildman–Crippen LogP) is 0.717. The molecule has 1 aliphatic rings. The minimum absolute atomic E-state index is 0.150. The average molecular weight is 181 g/mol. The van der Waals surface area contributed by atoms with Gasteiger partial charge in [-0.1, -0.05) is 0 Å². The molecule has 1 saturated heterocycles. The minimum Gasteiger partial charge on any atom is -0.459 e. The lowest BCUT2D eigenvalue weighted by atomic mass is 10.2. The van der Waals surface area contributed by atoms with E-state index in [4.69, 9.17) is 9.15 Å². The number of furan rings is 1. The third kappa shape index (κ3) is 1.58. The topological polar surface area (TPSA) is 51.5 Å². The van der Waals surface area contributed by atoms with Crippen LogP contribution in [0.2, 0.25) is 0 Å². The van der Waals surface area contributed by atoms with Crippen molar-refractivity contribution >= 4 is 5.91 Å². The van der Waals surface area contributed by atoms with Crippen LogP contribution in [0.5, 0.6) is 0 Å². The van der Waals surface area contributed by atoms with Crippen molar-refractivity contribution in [2.24, 2.45) is 0 Å². The summed E-state index contributed by atoms with van der Waals surface area (Å²) < 4.78 is 9.98. The second kappa shape index (κ2) is 3.22. The van der Waals surface area contributed by atoms with Crippen molar-refractivity contribution in [3.63, 3.8) is 0 Å². The van der Waals surface area contributed by atoms with E-state index in [2.05, 4.69) is 5.32 Å². The largest absolute Gasteiger partial charge is 0.459 e. The molecule has 0 unspecified atom stereocenters. The van der Waals surface area contributed by atoms with E-state index < -0.39 is 0 Å². The van der Waals surface area contributed by atoms with Gasteiger partial charge in [-0.05, 0) is 13.0 Å². The number of carbonyl (C=O) groups is 1. The van der Waals surface area contributed by atoms with Gasteiger partial charge < -0.3 is 14.5 Å². The zero-order valence-corrected chi connectivity index (χ0v) is 7.37. The van der Waals surface area contributed by atoms with Crippen LogP contribution in [-0.4, -0.2) is 25.2 Å². The fourth-order valence-electron chi connectivity index (χ4n) is 1.18. The summed E-state index contributed by atoms with van der Waals surface area (Å²) in [7, 11) is 0. The molecule has 0 saturated carbocycles. The molecule has 1 amide bonds. The lowest BCUT2D eigenvalue weighted by molar-refractivity contribution is -0.00391. The quantitative estimate of drug-likeness (QED) is 0.731. The van der Waals surface area contributed by atoms with Crippen LogP contribution in [0, 0.1) is 6.92 Å². The van der Waals surface area contributed by atoms with Gasteiger partial charge in [0.05, 0.1) is 25.5 Å². The van der Waals surface area contributed by atoms with Gasteiger partial charge in [0, 0.05) is 5.56 Å². The molecule has 0 bridgehead atoms. The Morgan fingerprint density at radius 2 is 2.38 bits per heavy atom. The fourth-order valence-corrected chi connectivity index (χ4v) is 1.18. The molecule has 0 aliphatic carbocycles. The van der Waals surface area contributed by atoms with Crippen molar-refractivity contribution in [3.8, 4) is 0 Å². The standard InChI is InChI=1S/C9H11NO3/c1-6-2-3-13-8(6)9(11)10-7-4-12-5-7/h2-3,7H,4-5H2,1H3,(H,10,11). The molecule has 1 fully saturated rings. The van der Waals surface area contributed by atoms with Gasteiger partial charge in [-0.15, -0.1) is 0 Å². The van der Waals surface area contributed by atoms with Gasteiger partial charge in [0.1, 0.15) is 0 Å². The molecule has 1 aliphatic heterocycles. The Hall–Kier alpha value is -1.29. The van der Waals surface area contributed by atoms with Crippen LogP contribution >= 0.6 is 0 Å². The Labute approximate surface area is 75.9 Å². The van der Waals surface area contributed by atoms with E-state index in [1.807, 2.05) is 6.92 Å². The maximum atomic E-state index is 11.5. The SMILES string of the molecule is Cc1ccoc1C(=O)NC1COC1. The van der Waals surface area contributed by atoms with E-state index in [-0.39, 0.29) is 11.9 Å². The monoisotopic (exact) mass is 181 g/mol. The van der Waals surface area contributed by atoms with Gasteiger partial charge in [0.25, 0.3) is 5.91 Å². The van der Waals surface area contributed by atoms with Crippen molar-refractivity contribution in [2.75, 3.05) is 13.2 Å². The van der Waals surface area contributed by atoms with Crippen LogP contribution in [0.3, 0.4) is 0 Å². The molecule has 2 rings (SSSR count). The molecule has 0 aromatic carbocycles. The average Bonchev–Trinajstić information content (AvgIpc) is 2.43. The van der Waals surface area contributed by atoms with Crippen molar-refractivity contribution in [2.45, 2.75) is 13.0 Å². The van der Waals surface area contributed by atoms with Gasteiger partial charge in [-0.2, -0.15) is 0 Å².